The van der Waals surface area contributed by atoms with Gasteiger partial charge in [-0.2, -0.15) is 0 Å². The lowest BCUT2D eigenvalue weighted by molar-refractivity contribution is -0.385. The lowest BCUT2D eigenvalue weighted by Crippen LogP contribution is -2.20. The van der Waals surface area contributed by atoms with Gasteiger partial charge in [-0.1, -0.05) is 18.2 Å². The van der Waals surface area contributed by atoms with Gasteiger partial charge in [-0.15, -0.1) is 0 Å². The largest absolute Gasteiger partial charge is 0.490 e. The van der Waals surface area contributed by atoms with Gasteiger partial charge in [0.25, 0.3) is 5.91 Å². The lowest BCUT2D eigenvalue weighted by Gasteiger charge is -2.10. The molecule has 0 unspecified atom stereocenters. The Morgan fingerprint density at radius 1 is 0.966 bits per heavy atom. The first-order valence-electron chi connectivity index (χ1n) is 8.63. The average molecular weight is 394 g/mol. The Hall–Kier alpha value is -4.07. The number of hydrogen-bond acceptors (Lipinski definition) is 6. The Labute approximate surface area is 166 Å². The first-order chi connectivity index (χ1) is 14.0. The maximum atomic E-state index is 12.1. The lowest BCUT2D eigenvalue weighted by atomic mass is 10.3. The second-order valence-electron chi connectivity index (χ2n) is 5.87. The van der Waals surface area contributed by atoms with E-state index in [0.29, 0.717) is 11.4 Å². The summed E-state index contributed by atoms with van der Waals surface area (Å²) < 4.78 is 16.0. The number of nitrogens with one attached hydrogen (secondary N) is 1. The molecule has 3 aromatic carbocycles. The molecule has 148 valence electrons. The normalized spacial score (nSPS) is 10.1. The number of carbonyl (C=O) groups is 1. The number of ether oxygens (including phenoxy) is 3. The van der Waals surface area contributed by atoms with E-state index in [1.807, 2.05) is 30.3 Å². The van der Waals surface area contributed by atoms with Crippen LogP contribution >= 0.6 is 0 Å². The average Bonchev–Trinajstić information content (AvgIpc) is 2.74. The van der Waals surface area contributed by atoms with Crippen LogP contribution in [0.5, 0.6) is 23.0 Å². The van der Waals surface area contributed by atoms with Crippen molar-refractivity contribution >= 4 is 17.3 Å². The van der Waals surface area contributed by atoms with E-state index in [1.165, 1.54) is 25.3 Å². The number of anilines is 1. The topological polar surface area (TPSA) is 99.9 Å². The molecule has 0 bridgehead atoms. The summed E-state index contributed by atoms with van der Waals surface area (Å²) in [5.41, 5.74) is 0.405. The zero-order valence-electron chi connectivity index (χ0n) is 15.5. The van der Waals surface area contributed by atoms with Gasteiger partial charge in [-0.3, -0.25) is 14.9 Å². The summed E-state index contributed by atoms with van der Waals surface area (Å²) in [6, 6.07) is 20.3. The number of nitrogens with zero attached hydrogens (tertiary/aromatic N) is 1. The molecule has 0 spiro atoms. The van der Waals surface area contributed by atoms with Crippen LogP contribution in [-0.4, -0.2) is 24.5 Å². The van der Waals surface area contributed by atoms with Crippen molar-refractivity contribution in [1.82, 2.24) is 0 Å². The third kappa shape index (κ3) is 5.46. The first-order valence-corrected chi connectivity index (χ1v) is 8.63. The zero-order chi connectivity index (χ0) is 20.6. The fraction of sp³-hybridized carbons (Fsp3) is 0.0952. The molecule has 0 fully saturated rings. The number of benzene rings is 3. The molecule has 0 saturated carbocycles. The Morgan fingerprint density at radius 3 is 2.28 bits per heavy atom. The number of para-hydroxylation sites is 1. The quantitative estimate of drug-likeness (QED) is 0.449. The van der Waals surface area contributed by atoms with Crippen LogP contribution in [0.2, 0.25) is 0 Å². The fourth-order valence-corrected chi connectivity index (χ4v) is 2.48. The van der Waals surface area contributed by atoms with Crippen molar-refractivity contribution in [3.8, 4) is 23.0 Å². The van der Waals surface area contributed by atoms with Crippen molar-refractivity contribution in [3.63, 3.8) is 0 Å². The number of nitro benzene ring substituents is 1. The summed E-state index contributed by atoms with van der Waals surface area (Å²) in [7, 11) is 1.32. The number of hydrogen-bond donors (Lipinski definition) is 1. The molecule has 1 N–H and O–H groups in total. The highest BCUT2D eigenvalue weighted by Gasteiger charge is 2.15. The van der Waals surface area contributed by atoms with Crippen LogP contribution in [0, 0.1) is 10.1 Å². The Kier molecular flexibility index (Phi) is 6.26. The third-order valence-corrected chi connectivity index (χ3v) is 3.83. The Morgan fingerprint density at radius 2 is 1.62 bits per heavy atom. The van der Waals surface area contributed by atoms with E-state index >= 15 is 0 Å². The van der Waals surface area contributed by atoms with Gasteiger partial charge in [0.05, 0.1) is 12.0 Å². The van der Waals surface area contributed by atoms with Gasteiger partial charge in [0.1, 0.15) is 17.2 Å². The molecule has 3 aromatic rings. The summed E-state index contributed by atoms with van der Waals surface area (Å²) in [4.78, 5) is 22.4. The summed E-state index contributed by atoms with van der Waals surface area (Å²) in [6.45, 7) is -0.261. The van der Waals surface area contributed by atoms with Crippen molar-refractivity contribution in [3.05, 3.63) is 82.9 Å². The van der Waals surface area contributed by atoms with Crippen LogP contribution < -0.4 is 19.5 Å². The number of rotatable bonds is 8. The summed E-state index contributed by atoms with van der Waals surface area (Å²) >= 11 is 0. The Balaban J connectivity index is 1.53. The van der Waals surface area contributed by atoms with Gasteiger partial charge in [-0.25, -0.2) is 0 Å². The number of amides is 1. The van der Waals surface area contributed by atoms with E-state index in [9.17, 15) is 14.9 Å². The molecule has 0 heterocycles. The molecule has 8 nitrogen and oxygen atoms in total. The van der Waals surface area contributed by atoms with Gasteiger partial charge in [0.2, 0.25) is 5.75 Å². The first kappa shape index (κ1) is 19.7. The summed E-state index contributed by atoms with van der Waals surface area (Å²) in [5.74, 6) is 1.33. The molecule has 0 aliphatic rings. The van der Waals surface area contributed by atoms with Gasteiger partial charge in [0, 0.05) is 17.8 Å². The predicted molar refractivity (Wildman–Crippen MR) is 107 cm³/mol. The highest BCUT2D eigenvalue weighted by molar-refractivity contribution is 5.91. The minimum atomic E-state index is -0.555. The van der Waals surface area contributed by atoms with Gasteiger partial charge < -0.3 is 19.5 Å². The molecule has 0 aromatic heterocycles. The minimum Gasteiger partial charge on any atom is -0.490 e. The number of methoxy groups -OCH3 is 1. The minimum absolute atomic E-state index is 0.0573. The smallest absolute Gasteiger partial charge is 0.311 e. The van der Waals surface area contributed by atoms with E-state index in [-0.39, 0.29) is 29.7 Å². The summed E-state index contributed by atoms with van der Waals surface area (Å²) in [6.07, 6.45) is 0. The van der Waals surface area contributed by atoms with Crippen LogP contribution in [0.4, 0.5) is 11.4 Å². The van der Waals surface area contributed by atoms with Crippen LogP contribution in [0.3, 0.4) is 0 Å². The van der Waals surface area contributed by atoms with E-state index in [4.69, 9.17) is 14.2 Å². The second-order valence-corrected chi connectivity index (χ2v) is 5.87. The predicted octanol–water partition coefficient (Wildman–Crippen LogP) is 4.41. The number of nitro groups is 1. The second kappa shape index (κ2) is 9.23. The van der Waals surface area contributed by atoms with Gasteiger partial charge in [0.15, 0.2) is 6.61 Å². The van der Waals surface area contributed by atoms with E-state index in [0.717, 1.165) is 5.75 Å². The molecule has 0 aliphatic heterocycles. The van der Waals surface area contributed by atoms with Crippen molar-refractivity contribution in [2.45, 2.75) is 0 Å². The number of carbonyl (C=O) groups excluding carboxylic acids is 1. The maximum absolute atomic E-state index is 12.1. The third-order valence-electron chi connectivity index (χ3n) is 3.83. The molecule has 0 radical (unpaired) electrons. The molecule has 1 amide bonds. The van der Waals surface area contributed by atoms with Crippen molar-refractivity contribution in [2.24, 2.45) is 0 Å². The molecule has 0 atom stereocenters. The highest BCUT2D eigenvalue weighted by atomic mass is 16.6. The zero-order valence-corrected chi connectivity index (χ0v) is 15.5. The van der Waals surface area contributed by atoms with Gasteiger partial charge in [-0.05, 0) is 42.5 Å². The monoisotopic (exact) mass is 394 g/mol. The highest BCUT2D eigenvalue weighted by Crippen LogP contribution is 2.30. The van der Waals surface area contributed by atoms with Crippen molar-refractivity contribution in [2.75, 3.05) is 19.0 Å². The van der Waals surface area contributed by atoms with E-state index in [1.54, 1.807) is 24.3 Å². The van der Waals surface area contributed by atoms with Gasteiger partial charge >= 0.3 is 5.69 Å². The van der Waals surface area contributed by atoms with Crippen LogP contribution in [0.15, 0.2) is 72.8 Å². The van der Waals surface area contributed by atoms with Crippen molar-refractivity contribution in [1.29, 1.82) is 0 Å². The molecule has 29 heavy (non-hydrogen) atoms. The standard InChI is InChI=1S/C21H18N2O6/c1-27-20-13-18(11-12-19(20)23(25)26)28-14-21(24)22-15-7-9-17(10-8-15)29-16-5-3-2-4-6-16/h2-13H,14H2,1H3,(H,22,24). The summed E-state index contributed by atoms with van der Waals surface area (Å²) in [5, 5.41) is 13.6. The van der Waals surface area contributed by atoms with Crippen LogP contribution in [0.1, 0.15) is 0 Å². The van der Waals surface area contributed by atoms with E-state index in [2.05, 4.69) is 5.32 Å². The molecule has 8 heteroatoms. The molecule has 0 aliphatic carbocycles. The fourth-order valence-electron chi connectivity index (χ4n) is 2.48. The SMILES string of the molecule is COc1cc(OCC(=O)Nc2ccc(Oc3ccccc3)cc2)ccc1[N+](=O)[O-]. The molecular formula is C21H18N2O6. The molecule has 0 saturated heterocycles. The molecular weight excluding hydrogens is 376 g/mol. The van der Waals surface area contributed by atoms with Crippen LogP contribution in [-0.2, 0) is 4.79 Å². The van der Waals surface area contributed by atoms with Crippen LogP contribution in [0.25, 0.3) is 0 Å². The molecule has 3 rings (SSSR count). The van der Waals surface area contributed by atoms with Crippen molar-refractivity contribution < 1.29 is 23.9 Å². The maximum Gasteiger partial charge on any atom is 0.311 e. The van der Waals surface area contributed by atoms with E-state index < -0.39 is 4.92 Å². The Bertz CT molecular complexity index is 990.